The molecule has 1 aromatic heterocycles. The van der Waals surface area contributed by atoms with Gasteiger partial charge in [0, 0.05) is 11.9 Å². The van der Waals surface area contributed by atoms with Crippen molar-refractivity contribution in [2.24, 2.45) is 0 Å². The zero-order valence-corrected chi connectivity index (χ0v) is 12.9. The van der Waals surface area contributed by atoms with Crippen LogP contribution in [-0.2, 0) is 20.9 Å². The molecule has 7 nitrogen and oxygen atoms in total. The van der Waals surface area contributed by atoms with Crippen molar-refractivity contribution in [3.05, 3.63) is 21.3 Å². The highest BCUT2D eigenvalue weighted by Crippen LogP contribution is 2.22. The summed E-state index contributed by atoms with van der Waals surface area (Å²) in [5.41, 5.74) is 0. The average Bonchev–Trinajstić information content (AvgIpc) is 2.72. The second-order valence-corrected chi connectivity index (χ2v) is 6.19. The minimum atomic E-state index is -1.18. The smallest absolute Gasteiger partial charge is 0.317 e. The average molecular weight is 335 g/mol. The number of thiophene rings is 1. The molecule has 1 aromatic rings. The summed E-state index contributed by atoms with van der Waals surface area (Å²) in [5.74, 6) is -2.73. The highest BCUT2D eigenvalue weighted by atomic mass is 35.5. The molecule has 1 amide bonds. The van der Waals surface area contributed by atoms with Crippen LogP contribution < -0.4 is 0 Å². The van der Waals surface area contributed by atoms with Crippen molar-refractivity contribution in [3.8, 4) is 0 Å². The van der Waals surface area contributed by atoms with Crippen LogP contribution in [0.1, 0.15) is 4.88 Å². The number of carbonyl (C=O) groups excluding carboxylic acids is 1. The standard InChI is InChI=1S/C12H15ClN2O5S/c1-14(4-8-2-3-9(13)21-8)10(16)5-15(6-11(17)18)7-12(19)20/h2-3H,4-7H2,1H3,(H,17,18)(H,19,20). The Bertz CT molecular complexity index is 517. The molecule has 0 fully saturated rings. The second kappa shape index (κ2) is 7.96. The van der Waals surface area contributed by atoms with Crippen molar-refractivity contribution in [1.29, 1.82) is 0 Å². The maximum absolute atomic E-state index is 12.0. The highest BCUT2D eigenvalue weighted by molar-refractivity contribution is 7.16. The number of nitrogens with zero attached hydrogens (tertiary/aromatic N) is 2. The summed E-state index contributed by atoms with van der Waals surface area (Å²) in [4.78, 5) is 36.7. The summed E-state index contributed by atoms with van der Waals surface area (Å²) in [6.45, 7) is -0.939. The highest BCUT2D eigenvalue weighted by Gasteiger charge is 2.19. The van der Waals surface area contributed by atoms with Gasteiger partial charge < -0.3 is 15.1 Å². The van der Waals surface area contributed by atoms with E-state index >= 15 is 0 Å². The number of halogens is 1. The fourth-order valence-corrected chi connectivity index (χ4v) is 2.76. The Balaban J connectivity index is 2.58. The largest absolute Gasteiger partial charge is 0.480 e. The van der Waals surface area contributed by atoms with Gasteiger partial charge in [-0.25, -0.2) is 0 Å². The van der Waals surface area contributed by atoms with Crippen molar-refractivity contribution in [3.63, 3.8) is 0 Å². The third-order valence-electron chi connectivity index (χ3n) is 2.52. The maximum Gasteiger partial charge on any atom is 0.317 e. The second-order valence-electron chi connectivity index (χ2n) is 4.39. The lowest BCUT2D eigenvalue weighted by atomic mass is 10.3. The lowest BCUT2D eigenvalue weighted by Gasteiger charge is -2.22. The number of aliphatic carboxylic acids is 2. The summed E-state index contributed by atoms with van der Waals surface area (Å²) in [6, 6.07) is 3.52. The number of rotatable bonds is 8. The van der Waals surface area contributed by atoms with Crippen LogP contribution in [0.25, 0.3) is 0 Å². The number of carboxylic acids is 2. The van der Waals surface area contributed by atoms with E-state index in [1.165, 1.54) is 16.2 Å². The van der Waals surface area contributed by atoms with Gasteiger partial charge in [0.15, 0.2) is 0 Å². The van der Waals surface area contributed by atoms with E-state index in [-0.39, 0.29) is 12.5 Å². The fourth-order valence-electron chi connectivity index (χ4n) is 1.62. The molecule has 0 atom stereocenters. The lowest BCUT2D eigenvalue weighted by molar-refractivity contribution is -0.143. The third kappa shape index (κ3) is 6.56. The SMILES string of the molecule is CN(Cc1ccc(Cl)s1)C(=O)CN(CC(=O)O)CC(=O)O. The summed E-state index contributed by atoms with van der Waals surface area (Å²) in [5, 5.41) is 17.4. The van der Waals surface area contributed by atoms with Crippen LogP contribution in [0.3, 0.4) is 0 Å². The number of hydrogen-bond donors (Lipinski definition) is 2. The lowest BCUT2D eigenvalue weighted by Crippen LogP contribution is -2.42. The van der Waals surface area contributed by atoms with E-state index in [9.17, 15) is 14.4 Å². The Labute approximate surface area is 130 Å². The molecule has 116 valence electrons. The first-order chi connectivity index (χ1) is 9.77. The topological polar surface area (TPSA) is 98.2 Å². The third-order valence-corrected chi connectivity index (χ3v) is 3.74. The van der Waals surface area contributed by atoms with E-state index in [1.54, 1.807) is 19.2 Å². The molecule has 0 aliphatic heterocycles. The first kappa shape index (κ1) is 17.4. The van der Waals surface area contributed by atoms with E-state index in [1.807, 2.05) is 0 Å². The Morgan fingerprint density at radius 2 is 1.71 bits per heavy atom. The van der Waals surface area contributed by atoms with Crippen molar-refractivity contribution in [1.82, 2.24) is 9.80 Å². The molecule has 0 aliphatic carbocycles. The van der Waals surface area contributed by atoms with Crippen molar-refractivity contribution < 1.29 is 24.6 Å². The van der Waals surface area contributed by atoms with E-state index in [4.69, 9.17) is 21.8 Å². The van der Waals surface area contributed by atoms with Crippen LogP contribution in [0, 0.1) is 0 Å². The zero-order chi connectivity index (χ0) is 16.0. The van der Waals surface area contributed by atoms with Gasteiger partial charge in [0.05, 0.1) is 30.5 Å². The molecular weight excluding hydrogens is 320 g/mol. The molecule has 0 unspecified atom stereocenters. The summed E-state index contributed by atoms with van der Waals surface area (Å²) in [6.07, 6.45) is 0. The van der Waals surface area contributed by atoms with Crippen molar-refractivity contribution >= 4 is 40.8 Å². The molecule has 0 saturated heterocycles. The number of carboxylic acid groups (broad SMARTS) is 2. The zero-order valence-electron chi connectivity index (χ0n) is 11.3. The van der Waals surface area contributed by atoms with Gasteiger partial charge in [-0.15, -0.1) is 11.3 Å². The predicted octanol–water partition coefficient (Wildman–Crippen LogP) is 0.831. The summed E-state index contributed by atoms with van der Waals surface area (Å²) < 4.78 is 0.615. The number of amides is 1. The molecule has 0 spiro atoms. The number of likely N-dealkylation sites (N-methyl/N-ethyl adjacent to an activating group) is 1. The van der Waals surface area contributed by atoms with Crippen LogP contribution in [0.4, 0.5) is 0 Å². The van der Waals surface area contributed by atoms with Crippen molar-refractivity contribution in [2.75, 3.05) is 26.7 Å². The summed E-state index contributed by atoms with van der Waals surface area (Å²) in [7, 11) is 1.57. The minimum Gasteiger partial charge on any atom is -0.480 e. The van der Waals surface area contributed by atoms with Gasteiger partial charge in [0.25, 0.3) is 0 Å². The number of carbonyl (C=O) groups is 3. The molecule has 0 aromatic carbocycles. The molecule has 9 heteroatoms. The Kier molecular flexibility index (Phi) is 6.60. The molecule has 0 bridgehead atoms. The van der Waals surface area contributed by atoms with Gasteiger partial charge in [0.1, 0.15) is 0 Å². The van der Waals surface area contributed by atoms with Gasteiger partial charge in [-0.2, -0.15) is 0 Å². The normalized spacial score (nSPS) is 10.6. The van der Waals surface area contributed by atoms with Crippen molar-refractivity contribution in [2.45, 2.75) is 6.54 Å². The molecule has 1 rings (SSSR count). The maximum atomic E-state index is 12.0. The fraction of sp³-hybridized carbons (Fsp3) is 0.417. The van der Waals surface area contributed by atoms with Gasteiger partial charge >= 0.3 is 11.9 Å². The number of hydrogen-bond acceptors (Lipinski definition) is 5. The molecule has 21 heavy (non-hydrogen) atoms. The Morgan fingerprint density at radius 3 is 2.14 bits per heavy atom. The van der Waals surface area contributed by atoms with Crippen LogP contribution in [0.15, 0.2) is 12.1 Å². The molecule has 0 radical (unpaired) electrons. The van der Waals surface area contributed by atoms with Crippen LogP contribution >= 0.6 is 22.9 Å². The van der Waals surface area contributed by atoms with E-state index in [0.717, 1.165) is 9.78 Å². The van der Waals surface area contributed by atoms with Gasteiger partial charge in [-0.05, 0) is 12.1 Å². The van der Waals surface area contributed by atoms with Gasteiger partial charge in [0.2, 0.25) is 5.91 Å². The Morgan fingerprint density at radius 1 is 1.14 bits per heavy atom. The van der Waals surface area contributed by atoms with E-state index < -0.39 is 25.0 Å². The monoisotopic (exact) mass is 334 g/mol. The van der Waals surface area contributed by atoms with Crippen LogP contribution in [0.5, 0.6) is 0 Å². The molecule has 1 heterocycles. The van der Waals surface area contributed by atoms with Gasteiger partial charge in [-0.3, -0.25) is 19.3 Å². The molecule has 0 saturated carbocycles. The van der Waals surface area contributed by atoms with Crippen LogP contribution in [-0.4, -0.2) is 64.5 Å². The van der Waals surface area contributed by atoms with E-state index in [0.29, 0.717) is 10.9 Å². The van der Waals surface area contributed by atoms with Gasteiger partial charge in [-0.1, -0.05) is 11.6 Å². The molecule has 2 N–H and O–H groups in total. The molecular formula is C12H15ClN2O5S. The minimum absolute atomic E-state index is 0.270. The predicted molar refractivity (Wildman–Crippen MR) is 77.5 cm³/mol. The van der Waals surface area contributed by atoms with E-state index in [2.05, 4.69) is 0 Å². The molecule has 0 aliphatic rings. The quantitative estimate of drug-likeness (QED) is 0.730. The van der Waals surface area contributed by atoms with Crippen LogP contribution in [0.2, 0.25) is 4.34 Å². The summed E-state index contributed by atoms with van der Waals surface area (Å²) >= 11 is 7.14. The Hall–Kier alpha value is -1.64. The first-order valence-electron chi connectivity index (χ1n) is 5.92. The first-order valence-corrected chi connectivity index (χ1v) is 7.11.